The maximum absolute atomic E-state index is 12.3. The number of carbonyl (C=O) groups excluding carboxylic acids is 1. The van der Waals surface area contributed by atoms with Crippen molar-refractivity contribution < 1.29 is 4.79 Å². The molecule has 2 rings (SSSR count). The molecule has 1 amide bonds. The number of nitrogens with one attached hydrogen (secondary N) is 1. The molecule has 20 heavy (non-hydrogen) atoms. The second-order valence-electron chi connectivity index (χ2n) is 4.98. The smallest absolute Gasteiger partial charge is 0.252 e. The van der Waals surface area contributed by atoms with Gasteiger partial charge < -0.3 is 11.1 Å². The summed E-state index contributed by atoms with van der Waals surface area (Å²) in [6.45, 7) is 0.636. The quantitative estimate of drug-likeness (QED) is 0.722. The van der Waals surface area contributed by atoms with E-state index in [-0.39, 0.29) is 24.4 Å². The van der Waals surface area contributed by atoms with Gasteiger partial charge in [0.1, 0.15) is 0 Å². The molecule has 3 nitrogen and oxygen atoms in total. The largest absolute Gasteiger partial charge is 0.349 e. The minimum atomic E-state index is -0.0442. The van der Waals surface area contributed by atoms with Crippen LogP contribution in [0.1, 0.15) is 36.0 Å². The van der Waals surface area contributed by atoms with Gasteiger partial charge in [-0.1, -0.05) is 24.4 Å². The van der Waals surface area contributed by atoms with Crippen LogP contribution in [0.25, 0.3) is 0 Å². The monoisotopic (exact) mass is 428 g/mol. The average Bonchev–Trinajstić information content (AvgIpc) is 2.42. The van der Waals surface area contributed by atoms with E-state index in [1.54, 1.807) is 12.1 Å². The molecule has 3 N–H and O–H groups in total. The van der Waals surface area contributed by atoms with E-state index in [2.05, 4.69) is 27.9 Å². The normalized spacial score (nSPS) is 21.9. The SMILES string of the molecule is Cl.NCC1CCCCC1NC(=O)c1cc(Cl)ccc1I. The summed E-state index contributed by atoms with van der Waals surface area (Å²) >= 11 is 8.11. The highest BCUT2D eigenvalue weighted by Crippen LogP contribution is 2.24. The predicted molar refractivity (Wildman–Crippen MR) is 93.7 cm³/mol. The number of nitrogens with two attached hydrogens (primary N) is 1. The summed E-state index contributed by atoms with van der Waals surface area (Å²) in [5.41, 5.74) is 6.44. The third-order valence-corrected chi connectivity index (χ3v) is 4.88. The predicted octanol–water partition coefficient (Wildman–Crippen LogP) is 3.61. The van der Waals surface area contributed by atoms with E-state index in [1.807, 2.05) is 6.07 Å². The van der Waals surface area contributed by atoms with Crippen molar-refractivity contribution in [2.75, 3.05) is 6.54 Å². The van der Waals surface area contributed by atoms with Crippen molar-refractivity contribution in [2.45, 2.75) is 31.7 Å². The lowest BCUT2D eigenvalue weighted by Gasteiger charge is -2.31. The van der Waals surface area contributed by atoms with Crippen LogP contribution in [0.2, 0.25) is 5.02 Å². The summed E-state index contributed by atoms with van der Waals surface area (Å²) in [7, 11) is 0. The zero-order valence-electron chi connectivity index (χ0n) is 11.1. The minimum absolute atomic E-state index is 0. The zero-order chi connectivity index (χ0) is 13.8. The second-order valence-corrected chi connectivity index (χ2v) is 6.58. The number of amides is 1. The van der Waals surface area contributed by atoms with Crippen LogP contribution < -0.4 is 11.1 Å². The summed E-state index contributed by atoms with van der Waals surface area (Å²) in [5.74, 6) is 0.354. The second kappa shape index (κ2) is 8.41. The van der Waals surface area contributed by atoms with E-state index in [0.717, 1.165) is 22.8 Å². The number of hydrogen-bond donors (Lipinski definition) is 2. The van der Waals surface area contributed by atoms with Gasteiger partial charge in [0.2, 0.25) is 0 Å². The standard InChI is InChI=1S/C14H18ClIN2O.ClH/c15-10-5-6-12(16)11(7-10)14(19)18-13-4-2-1-3-9(13)8-17;/h5-7,9,13H,1-4,8,17H2,(H,18,19);1H. The van der Waals surface area contributed by atoms with E-state index in [9.17, 15) is 4.79 Å². The fraction of sp³-hybridized carbons (Fsp3) is 0.500. The molecular weight excluding hydrogens is 410 g/mol. The summed E-state index contributed by atoms with van der Waals surface area (Å²) < 4.78 is 0.916. The van der Waals surface area contributed by atoms with Crippen LogP contribution in [0, 0.1) is 9.49 Å². The molecule has 0 radical (unpaired) electrons. The van der Waals surface area contributed by atoms with Gasteiger partial charge in [-0.25, -0.2) is 0 Å². The molecule has 1 aliphatic carbocycles. The highest BCUT2D eigenvalue weighted by molar-refractivity contribution is 14.1. The molecule has 0 saturated heterocycles. The molecule has 0 heterocycles. The summed E-state index contributed by atoms with van der Waals surface area (Å²) in [6, 6.07) is 5.57. The van der Waals surface area contributed by atoms with Crippen molar-refractivity contribution in [3.8, 4) is 0 Å². The van der Waals surface area contributed by atoms with Crippen LogP contribution in [0.5, 0.6) is 0 Å². The molecule has 0 spiro atoms. The molecule has 0 aromatic heterocycles. The Morgan fingerprint density at radius 2 is 2.10 bits per heavy atom. The van der Waals surface area contributed by atoms with Gasteiger partial charge in [-0.15, -0.1) is 12.4 Å². The Labute approximate surface area is 144 Å². The Morgan fingerprint density at radius 3 is 2.80 bits per heavy atom. The van der Waals surface area contributed by atoms with Crippen molar-refractivity contribution in [1.82, 2.24) is 5.32 Å². The molecule has 1 saturated carbocycles. The van der Waals surface area contributed by atoms with Crippen molar-refractivity contribution in [2.24, 2.45) is 11.7 Å². The van der Waals surface area contributed by atoms with Gasteiger partial charge in [0.25, 0.3) is 5.91 Å². The first kappa shape index (κ1) is 18.0. The first-order valence-electron chi connectivity index (χ1n) is 6.58. The Balaban J connectivity index is 0.00000200. The molecule has 6 heteroatoms. The van der Waals surface area contributed by atoms with E-state index in [4.69, 9.17) is 17.3 Å². The van der Waals surface area contributed by atoms with Gasteiger partial charge in [0.15, 0.2) is 0 Å². The molecule has 1 fully saturated rings. The molecule has 2 atom stereocenters. The van der Waals surface area contributed by atoms with E-state index >= 15 is 0 Å². The molecule has 112 valence electrons. The van der Waals surface area contributed by atoms with Crippen LogP contribution in [0.3, 0.4) is 0 Å². The van der Waals surface area contributed by atoms with Gasteiger partial charge in [0, 0.05) is 14.6 Å². The summed E-state index contributed by atoms with van der Waals surface area (Å²) in [5, 5.41) is 3.71. The van der Waals surface area contributed by atoms with E-state index < -0.39 is 0 Å². The molecule has 2 unspecified atom stereocenters. The summed E-state index contributed by atoms with van der Waals surface area (Å²) in [6.07, 6.45) is 4.50. The molecular formula is C14H19Cl2IN2O. The molecule has 0 aliphatic heterocycles. The van der Waals surface area contributed by atoms with Gasteiger partial charge in [-0.3, -0.25) is 4.79 Å². The minimum Gasteiger partial charge on any atom is -0.349 e. The zero-order valence-corrected chi connectivity index (χ0v) is 14.8. The Morgan fingerprint density at radius 1 is 1.40 bits per heavy atom. The Hall–Kier alpha value is -0.0400. The lowest BCUT2D eigenvalue weighted by atomic mass is 9.84. The van der Waals surface area contributed by atoms with E-state index in [1.165, 1.54) is 6.42 Å². The van der Waals surface area contributed by atoms with Crippen LogP contribution in [-0.2, 0) is 0 Å². The van der Waals surface area contributed by atoms with Crippen LogP contribution in [0.4, 0.5) is 0 Å². The maximum Gasteiger partial charge on any atom is 0.252 e. The Bertz CT molecular complexity index is 470. The topological polar surface area (TPSA) is 55.1 Å². The third kappa shape index (κ3) is 4.48. The van der Waals surface area contributed by atoms with Crippen molar-refractivity contribution >= 4 is 52.5 Å². The number of benzene rings is 1. The number of carbonyl (C=O) groups is 1. The fourth-order valence-electron chi connectivity index (χ4n) is 2.60. The van der Waals surface area contributed by atoms with Crippen LogP contribution in [-0.4, -0.2) is 18.5 Å². The number of hydrogen-bond acceptors (Lipinski definition) is 2. The third-order valence-electron chi connectivity index (χ3n) is 3.70. The van der Waals surface area contributed by atoms with Gasteiger partial charge in [0.05, 0.1) is 5.56 Å². The molecule has 1 aliphatic rings. The van der Waals surface area contributed by atoms with Crippen molar-refractivity contribution in [3.63, 3.8) is 0 Å². The van der Waals surface area contributed by atoms with Gasteiger partial charge >= 0.3 is 0 Å². The maximum atomic E-state index is 12.3. The molecule has 1 aromatic rings. The van der Waals surface area contributed by atoms with Crippen LogP contribution in [0.15, 0.2) is 18.2 Å². The highest BCUT2D eigenvalue weighted by atomic mass is 127. The van der Waals surface area contributed by atoms with Gasteiger partial charge in [-0.05, 0) is 66.1 Å². The van der Waals surface area contributed by atoms with Gasteiger partial charge in [-0.2, -0.15) is 0 Å². The first-order valence-corrected chi connectivity index (χ1v) is 8.03. The average molecular weight is 429 g/mol. The first-order chi connectivity index (χ1) is 9.11. The fourth-order valence-corrected chi connectivity index (χ4v) is 3.35. The van der Waals surface area contributed by atoms with Crippen molar-refractivity contribution in [3.05, 3.63) is 32.4 Å². The Kier molecular flexibility index (Phi) is 7.58. The lowest BCUT2D eigenvalue weighted by Crippen LogP contribution is -2.44. The molecule has 1 aromatic carbocycles. The number of halogens is 3. The lowest BCUT2D eigenvalue weighted by molar-refractivity contribution is 0.0907. The van der Waals surface area contributed by atoms with Crippen LogP contribution >= 0.6 is 46.6 Å². The van der Waals surface area contributed by atoms with Crippen molar-refractivity contribution in [1.29, 1.82) is 0 Å². The van der Waals surface area contributed by atoms with E-state index in [0.29, 0.717) is 23.0 Å². The highest BCUT2D eigenvalue weighted by Gasteiger charge is 2.26. The summed E-state index contributed by atoms with van der Waals surface area (Å²) in [4.78, 5) is 12.3. The molecule has 0 bridgehead atoms. The number of rotatable bonds is 3.